The maximum Gasteiger partial charge on any atom is 0.352 e. The van der Waals surface area contributed by atoms with Crippen LogP contribution in [-0.2, 0) is 34.8 Å². The van der Waals surface area contributed by atoms with Crippen molar-refractivity contribution in [3.05, 3.63) is 72.4 Å². The maximum absolute atomic E-state index is 13.2. The highest BCUT2D eigenvalue weighted by atomic mass is 32.2. The molecule has 5 N–H and O–H groups in total. The number of aromatic nitrogens is 1. The predicted octanol–water partition coefficient (Wildman–Crippen LogP) is 0.593. The zero-order chi connectivity index (χ0) is 33.4. The number of benzene rings is 1. The molecule has 21 heteroatoms. The summed E-state index contributed by atoms with van der Waals surface area (Å²) in [5.41, 5.74) is 1.01. The third-order valence-corrected chi connectivity index (χ3v) is 8.68. The first-order valence-electron chi connectivity index (χ1n) is 12.3. The number of hydrogen-bond acceptors (Lipinski definition) is 14. The van der Waals surface area contributed by atoms with Crippen LogP contribution >= 0.6 is 11.3 Å². The summed E-state index contributed by atoms with van der Waals surface area (Å²) < 4.78 is 13.2. The van der Waals surface area contributed by atoms with E-state index in [1.165, 1.54) is 5.38 Å². The van der Waals surface area contributed by atoms with E-state index in [-0.39, 0.29) is 22.0 Å². The second kappa shape index (κ2) is 12.2. The Morgan fingerprint density at radius 2 is 1.93 bits per heavy atom. The first-order chi connectivity index (χ1) is 21.0. The van der Waals surface area contributed by atoms with Gasteiger partial charge in [-0.1, -0.05) is 11.2 Å². The predicted molar refractivity (Wildman–Crippen MR) is 155 cm³/mol. The van der Waals surface area contributed by atoms with E-state index in [0.29, 0.717) is 4.90 Å². The van der Waals surface area contributed by atoms with E-state index < -0.39 is 90.0 Å². The van der Waals surface area contributed by atoms with Crippen molar-refractivity contribution in [2.45, 2.75) is 30.9 Å². The average molecular weight is 664 g/mol. The molecule has 0 bridgehead atoms. The van der Waals surface area contributed by atoms with Crippen molar-refractivity contribution in [3.63, 3.8) is 0 Å². The highest BCUT2D eigenvalue weighted by Crippen LogP contribution is 2.36. The average Bonchev–Trinajstić information content (AvgIpc) is 3.39. The van der Waals surface area contributed by atoms with Crippen LogP contribution in [0.1, 0.15) is 25.1 Å². The summed E-state index contributed by atoms with van der Waals surface area (Å²) in [5.74, 6) is -5.51. The molecular formula is C24H21N7O12S2. The molecule has 1 aromatic carbocycles. The molecule has 1 aromatic heterocycles. The smallest absolute Gasteiger partial charge is 0.352 e. The molecule has 1 fully saturated rings. The van der Waals surface area contributed by atoms with Crippen molar-refractivity contribution in [3.8, 4) is 0 Å². The van der Waals surface area contributed by atoms with E-state index in [2.05, 4.69) is 15.5 Å². The van der Waals surface area contributed by atoms with Gasteiger partial charge in [0.25, 0.3) is 23.2 Å². The largest absolute Gasteiger partial charge is 0.478 e. The highest BCUT2D eigenvalue weighted by molar-refractivity contribution is 7.86. The third-order valence-electron chi connectivity index (χ3n) is 6.39. The first kappa shape index (κ1) is 32.3. The number of carbonyl (C=O) groups excluding carboxylic acids is 2. The van der Waals surface area contributed by atoms with Crippen LogP contribution in [0.2, 0.25) is 0 Å². The number of carboxylic acid groups (broad SMARTS) is 2. The third kappa shape index (κ3) is 6.38. The van der Waals surface area contributed by atoms with E-state index in [1.54, 1.807) is 0 Å². The number of carboxylic acids is 2. The quantitative estimate of drug-likeness (QED) is 0.111. The number of β-lactam (4-membered cyclic amide) rings is 1. The minimum absolute atomic E-state index is 0.0261. The van der Waals surface area contributed by atoms with Gasteiger partial charge in [0, 0.05) is 11.4 Å². The summed E-state index contributed by atoms with van der Waals surface area (Å²) in [5, 5.41) is 47.6. The molecule has 2 aromatic rings. The molecule has 19 nitrogen and oxygen atoms in total. The number of allylic oxidation sites excluding steroid dienone is 1. The van der Waals surface area contributed by atoms with Gasteiger partial charge in [-0.05, 0) is 31.6 Å². The lowest BCUT2D eigenvalue weighted by molar-refractivity contribution is -0.394. The summed E-state index contributed by atoms with van der Waals surface area (Å²) in [4.78, 5) is 80.4. The number of carbonyl (C=O) groups is 4. The van der Waals surface area contributed by atoms with Crippen LogP contribution in [0, 0.1) is 20.2 Å². The van der Waals surface area contributed by atoms with Gasteiger partial charge in [-0.15, -0.1) is 11.3 Å². The molecule has 3 heterocycles. The molecule has 0 spiro atoms. The second-order valence-corrected chi connectivity index (χ2v) is 12.2. The molecule has 3 atom stereocenters. The molecule has 0 saturated carbocycles. The van der Waals surface area contributed by atoms with Crippen LogP contribution in [0.5, 0.6) is 0 Å². The van der Waals surface area contributed by atoms with Crippen molar-refractivity contribution in [1.29, 1.82) is 0 Å². The van der Waals surface area contributed by atoms with Gasteiger partial charge >= 0.3 is 11.9 Å². The summed E-state index contributed by atoms with van der Waals surface area (Å²) in [7, 11) is -2.01. The normalized spacial score (nSPS) is 20.0. The van der Waals surface area contributed by atoms with E-state index in [0.717, 1.165) is 55.5 Å². The standard InChI is InChI=1S/C24H21N7O12S2/c1-24(2,22(36)37)43-28-15(13-8-44-23(25)26-13)18(32)27-16-19(33)29-17(21(34)35)11(9-45(42)20(16)29)4-3-10-5-6-12(30(38)39)7-14(10)31(40)41/h3-8,16,20H,9H2,1-2H3,(H2,25,26)(H,27,32)(H,34,35)(H,36,37)/t16?,20-,45?/m0/s1. The molecule has 0 aliphatic carbocycles. The zero-order valence-corrected chi connectivity index (χ0v) is 24.6. The van der Waals surface area contributed by atoms with Crippen molar-refractivity contribution in [2.24, 2.45) is 5.16 Å². The number of oxime groups is 1. The van der Waals surface area contributed by atoms with Crippen LogP contribution in [0.25, 0.3) is 6.08 Å². The fourth-order valence-electron chi connectivity index (χ4n) is 4.08. The Bertz CT molecular complexity index is 1780. The number of nitrogens with zero attached hydrogens (tertiary/aromatic N) is 5. The summed E-state index contributed by atoms with van der Waals surface area (Å²) >= 11 is 0.924. The molecule has 2 amide bonds. The molecular weight excluding hydrogens is 642 g/mol. The molecule has 0 radical (unpaired) electrons. The van der Waals surface area contributed by atoms with Gasteiger partial charge < -0.3 is 26.1 Å². The summed E-state index contributed by atoms with van der Waals surface area (Å²) in [6.45, 7) is 2.32. The molecule has 2 unspecified atom stereocenters. The lowest BCUT2D eigenvalue weighted by Gasteiger charge is -2.48. The number of fused-ring (bicyclic) bond motifs is 1. The van der Waals surface area contributed by atoms with Crippen molar-refractivity contribution in [2.75, 3.05) is 11.5 Å². The number of thiazole rings is 1. The molecule has 2 aliphatic rings. The second-order valence-electron chi connectivity index (χ2n) is 9.76. The van der Waals surface area contributed by atoms with Gasteiger partial charge in [0.1, 0.15) is 22.8 Å². The minimum atomic E-state index is -2.01. The Balaban J connectivity index is 1.63. The zero-order valence-electron chi connectivity index (χ0n) is 22.9. The van der Waals surface area contributed by atoms with Gasteiger partial charge in [0.15, 0.2) is 10.8 Å². The molecule has 45 heavy (non-hydrogen) atoms. The number of nitro benzene ring substituents is 2. The SMILES string of the molecule is CC(C)(ON=C(C(=O)NC1C(=O)N2C(C(=O)O)=C(C=Cc3ccc([N+](=O)[O-])cc3[N+](=O)[O-])CS(=O)[C@@H]12)c1csc(N)n1)C(=O)O. The fraction of sp³-hybridized carbons (Fsp3) is 0.250. The van der Waals surface area contributed by atoms with E-state index in [1.807, 2.05) is 0 Å². The number of nitro groups is 2. The number of amides is 2. The Morgan fingerprint density at radius 3 is 2.49 bits per heavy atom. The van der Waals surface area contributed by atoms with E-state index >= 15 is 0 Å². The maximum atomic E-state index is 13.2. The molecule has 1 saturated heterocycles. The van der Waals surface area contributed by atoms with Crippen LogP contribution in [0.4, 0.5) is 16.5 Å². The lowest BCUT2D eigenvalue weighted by atomic mass is 10.0. The van der Waals surface area contributed by atoms with Crippen molar-refractivity contribution >= 4 is 74.2 Å². The first-order valence-corrected chi connectivity index (χ1v) is 14.6. The number of anilines is 1. The van der Waals surface area contributed by atoms with Crippen LogP contribution in [0.3, 0.4) is 0 Å². The minimum Gasteiger partial charge on any atom is -0.478 e. The molecule has 4 rings (SSSR count). The number of nitrogen functional groups attached to an aromatic ring is 1. The lowest BCUT2D eigenvalue weighted by Crippen LogP contribution is -2.74. The number of nitrogens with one attached hydrogen (secondary N) is 1. The Kier molecular flexibility index (Phi) is 8.77. The van der Waals surface area contributed by atoms with Gasteiger partial charge in [0.2, 0.25) is 5.60 Å². The monoisotopic (exact) mass is 663 g/mol. The van der Waals surface area contributed by atoms with E-state index in [4.69, 9.17) is 10.6 Å². The van der Waals surface area contributed by atoms with Gasteiger partial charge in [0.05, 0.1) is 38.0 Å². The number of rotatable bonds is 11. The van der Waals surface area contributed by atoms with Gasteiger partial charge in [-0.2, -0.15) is 0 Å². The number of aliphatic carboxylic acids is 2. The number of hydrogen-bond donors (Lipinski definition) is 4. The fourth-order valence-corrected chi connectivity index (χ4v) is 6.27. The van der Waals surface area contributed by atoms with Gasteiger partial charge in [-0.25, -0.2) is 14.6 Å². The number of nitrogens with two attached hydrogens (primary N) is 1. The number of non-ortho nitro benzene ring substituents is 1. The topological polar surface area (TPSA) is 288 Å². The summed E-state index contributed by atoms with van der Waals surface area (Å²) in [6.07, 6.45) is 2.20. The molecule has 236 valence electrons. The van der Waals surface area contributed by atoms with Crippen LogP contribution in [-0.4, -0.2) is 86.4 Å². The van der Waals surface area contributed by atoms with Crippen molar-refractivity contribution < 1.29 is 48.3 Å². The molecule has 2 aliphatic heterocycles. The van der Waals surface area contributed by atoms with Gasteiger partial charge in [-0.3, -0.25) is 38.9 Å². The van der Waals surface area contributed by atoms with Crippen LogP contribution < -0.4 is 11.1 Å². The van der Waals surface area contributed by atoms with E-state index in [9.17, 15) is 53.8 Å². The van der Waals surface area contributed by atoms with Crippen molar-refractivity contribution in [1.82, 2.24) is 15.2 Å². The highest BCUT2D eigenvalue weighted by Gasteiger charge is 2.57. The summed E-state index contributed by atoms with van der Waals surface area (Å²) in [6, 6.07) is 1.31. The van der Waals surface area contributed by atoms with Crippen LogP contribution in [0.15, 0.2) is 46.1 Å². The Hall–Kier alpha value is -5.57. The Morgan fingerprint density at radius 1 is 1.24 bits per heavy atom. The Labute approximate surface area is 257 Å².